The van der Waals surface area contributed by atoms with E-state index in [9.17, 15) is 13.6 Å². The van der Waals surface area contributed by atoms with Crippen LogP contribution in [0.25, 0.3) is 11.4 Å². The molecular weight excluding hydrogens is 370 g/mol. The molecular formula is C19H18F2N4OS. The summed E-state index contributed by atoms with van der Waals surface area (Å²) in [7, 11) is 1.73. The fraction of sp³-hybridized carbons (Fsp3) is 0.211. The van der Waals surface area contributed by atoms with Gasteiger partial charge in [-0.2, -0.15) is 0 Å². The maximum absolute atomic E-state index is 13.9. The second-order valence-electron chi connectivity index (χ2n) is 5.99. The number of thioether (sulfide) groups is 1. The Morgan fingerprint density at radius 2 is 1.93 bits per heavy atom. The molecule has 1 heterocycles. The van der Waals surface area contributed by atoms with Crippen molar-refractivity contribution in [2.45, 2.75) is 18.6 Å². The molecule has 27 heavy (non-hydrogen) atoms. The van der Waals surface area contributed by atoms with E-state index in [0.717, 1.165) is 5.56 Å². The first-order valence-corrected chi connectivity index (χ1v) is 9.23. The molecule has 1 amide bonds. The molecule has 0 unspecified atom stereocenters. The molecule has 5 nitrogen and oxygen atoms in total. The van der Waals surface area contributed by atoms with E-state index >= 15 is 0 Å². The number of nitrogens with one attached hydrogen (secondary N) is 1. The molecule has 0 atom stereocenters. The molecule has 140 valence electrons. The summed E-state index contributed by atoms with van der Waals surface area (Å²) < 4.78 is 28.8. The zero-order valence-corrected chi connectivity index (χ0v) is 15.7. The van der Waals surface area contributed by atoms with Gasteiger partial charge in [-0.15, -0.1) is 10.2 Å². The molecule has 0 saturated carbocycles. The van der Waals surface area contributed by atoms with Crippen molar-refractivity contribution in [2.75, 3.05) is 5.75 Å². The number of halogens is 2. The van der Waals surface area contributed by atoms with Crippen LogP contribution in [0.5, 0.6) is 0 Å². The number of aromatic nitrogens is 3. The number of carbonyl (C=O) groups is 1. The van der Waals surface area contributed by atoms with Gasteiger partial charge in [0.1, 0.15) is 11.6 Å². The van der Waals surface area contributed by atoms with Crippen molar-refractivity contribution in [3.8, 4) is 11.4 Å². The highest BCUT2D eigenvalue weighted by Gasteiger charge is 2.15. The standard InChI is InChI=1S/C19H18F2N4OS/c1-12-9-13(7-8-15(12)20)10-22-17(26)11-27-19-24-23-18(25(19)2)14-5-3-4-6-16(14)21/h3-9H,10-11H2,1-2H3,(H,22,26). The second kappa shape index (κ2) is 8.30. The minimum absolute atomic E-state index is 0.142. The Bertz CT molecular complexity index is 974. The zero-order chi connectivity index (χ0) is 19.4. The number of hydrogen-bond donors (Lipinski definition) is 1. The molecule has 0 spiro atoms. The summed E-state index contributed by atoms with van der Waals surface area (Å²) in [5, 5.41) is 11.4. The number of hydrogen-bond acceptors (Lipinski definition) is 4. The Morgan fingerprint density at radius 1 is 1.15 bits per heavy atom. The average molecular weight is 388 g/mol. The molecule has 0 radical (unpaired) electrons. The molecule has 1 N–H and O–H groups in total. The summed E-state index contributed by atoms with van der Waals surface area (Å²) in [5.41, 5.74) is 1.72. The van der Waals surface area contributed by atoms with E-state index in [0.29, 0.717) is 28.7 Å². The Labute approximate surface area is 159 Å². The van der Waals surface area contributed by atoms with Gasteiger partial charge in [0.25, 0.3) is 0 Å². The highest BCUT2D eigenvalue weighted by molar-refractivity contribution is 7.99. The molecule has 0 fully saturated rings. The summed E-state index contributed by atoms with van der Waals surface area (Å²) >= 11 is 1.21. The third-order valence-corrected chi connectivity index (χ3v) is 5.01. The maximum atomic E-state index is 13.9. The van der Waals surface area contributed by atoms with Crippen molar-refractivity contribution in [3.05, 3.63) is 65.2 Å². The van der Waals surface area contributed by atoms with Crippen LogP contribution >= 0.6 is 11.8 Å². The van der Waals surface area contributed by atoms with Gasteiger partial charge in [-0.3, -0.25) is 4.79 Å². The van der Waals surface area contributed by atoms with Crippen LogP contribution in [0.4, 0.5) is 8.78 Å². The normalized spacial score (nSPS) is 10.8. The van der Waals surface area contributed by atoms with Crippen LogP contribution in [-0.4, -0.2) is 26.4 Å². The minimum Gasteiger partial charge on any atom is -0.351 e. The number of rotatable bonds is 6. The lowest BCUT2D eigenvalue weighted by molar-refractivity contribution is -0.118. The largest absolute Gasteiger partial charge is 0.351 e. The summed E-state index contributed by atoms with van der Waals surface area (Å²) in [5.74, 6) is -0.288. The summed E-state index contributed by atoms with van der Waals surface area (Å²) in [6.45, 7) is 2.00. The van der Waals surface area contributed by atoms with Gasteiger partial charge in [-0.1, -0.05) is 36.0 Å². The van der Waals surface area contributed by atoms with Crippen molar-refractivity contribution >= 4 is 17.7 Å². The van der Waals surface area contributed by atoms with Crippen molar-refractivity contribution < 1.29 is 13.6 Å². The van der Waals surface area contributed by atoms with Crippen LogP contribution in [0.15, 0.2) is 47.6 Å². The Kier molecular flexibility index (Phi) is 5.85. The topological polar surface area (TPSA) is 59.8 Å². The summed E-state index contributed by atoms with van der Waals surface area (Å²) in [4.78, 5) is 12.1. The predicted molar refractivity (Wildman–Crippen MR) is 100 cm³/mol. The molecule has 1 aromatic heterocycles. The number of amides is 1. The zero-order valence-electron chi connectivity index (χ0n) is 14.9. The van der Waals surface area contributed by atoms with E-state index in [1.807, 2.05) is 0 Å². The Balaban J connectivity index is 1.58. The smallest absolute Gasteiger partial charge is 0.230 e. The van der Waals surface area contributed by atoms with Crippen LogP contribution in [-0.2, 0) is 18.4 Å². The molecule has 2 aromatic carbocycles. The minimum atomic E-state index is -0.378. The molecule has 8 heteroatoms. The van der Waals surface area contributed by atoms with Gasteiger partial charge in [-0.05, 0) is 36.2 Å². The molecule has 0 aliphatic heterocycles. The molecule has 0 aliphatic rings. The monoisotopic (exact) mass is 388 g/mol. The highest BCUT2D eigenvalue weighted by Crippen LogP contribution is 2.24. The molecule has 3 rings (SSSR count). The number of benzene rings is 2. The van der Waals surface area contributed by atoms with Gasteiger partial charge in [0.15, 0.2) is 11.0 Å². The highest BCUT2D eigenvalue weighted by atomic mass is 32.2. The fourth-order valence-electron chi connectivity index (χ4n) is 2.52. The Hall–Kier alpha value is -2.74. The van der Waals surface area contributed by atoms with Crippen molar-refractivity contribution in [3.63, 3.8) is 0 Å². The maximum Gasteiger partial charge on any atom is 0.230 e. The summed E-state index contributed by atoms with van der Waals surface area (Å²) in [6, 6.07) is 11.1. The first-order valence-electron chi connectivity index (χ1n) is 8.24. The van der Waals surface area contributed by atoms with Crippen LogP contribution in [0.2, 0.25) is 0 Å². The van der Waals surface area contributed by atoms with Gasteiger partial charge in [0, 0.05) is 13.6 Å². The van der Waals surface area contributed by atoms with Gasteiger partial charge >= 0.3 is 0 Å². The van der Waals surface area contributed by atoms with Crippen molar-refractivity contribution in [2.24, 2.45) is 7.05 Å². The van der Waals surface area contributed by atoms with Crippen LogP contribution in [0.1, 0.15) is 11.1 Å². The van der Waals surface area contributed by atoms with Gasteiger partial charge < -0.3 is 9.88 Å². The van der Waals surface area contributed by atoms with Crippen LogP contribution in [0.3, 0.4) is 0 Å². The Morgan fingerprint density at radius 3 is 2.67 bits per heavy atom. The first-order chi connectivity index (χ1) is 13.0. The lowest BCUT2D eigenvalue weighted by Crippen LogP contribution is -2.24. The van der Waals surface area contributed by atoms with Gasteiger partial charge in [0.05, 0.1) is 11.3 Å². The quantitative estimate of drug-likeness (QED) is 0.657. The number of nitrogens with zero attached hydrogens (tertiary/aromatic N) is 3. The van der Waals surface area contributed by atoms with E-state index < -0.39 is 0 Å². The van der Waals surface area contributed by atoms with Gasteiger partial charge in [-0.25, -0.2) is 8.78 Å². The molecule has 0 aliphatic carbocycles. The van der Waals surface area contributed by atoms with E-state index in [1.165, 1.54) is 23.9 Å². The fourth-order valence-corrected chi connectivity index (χ4v) is 3.26. The lowest BCUT2D eigenvalue weighted by Gasteiger charge is -2.07. The van der Waals surface area contributed by atoms with Crippen LogP contribution in [0, 0.1) is 18.6 Å². The second-order valence-corrected chi connectivity index (χ2v) is 6.94. The average Bonchev–Trinajstić information content (AvgIpc) is 3.02. The number of carbonyl (C=O) groups excluding carboxylic acids is 1. The van der Waals surface area contributed by atoms with E-state index in [2.05, 4.69) is 15.5 Å². The third-order valence-electron chi connectivity index (χ3n) is 3.99. The summed E-state index contributed by atoms with van der Waals surface area (Å²) in [6.07, 6.45) is 0. The van der Waals surface area contributed by atoms with E-state index in [-0.39, 0.29) is 23.3 Å². The first kappa shape index (κ1) is 19.0. The van der Waals surface area contributed by atoms with Crippen molar-refractivity contribution in [1.29, 1.82) is 0 Å². The molecule has 0 bridgehead atoms. The molecule has 3 aromatic rings. The van der Waals surface area contributed by atoms with Crippen molar-refractivity contribution in [1.82, 2.24) is 20.1 Å². The third kappa shape index (κ3) is 4.51. The van der Waals surface area contributed by atoms with E-state index in [4.69, 9.17) is 0 Å². The number of aryl methyl sites for hydroxylation is 1. The van der Waals surface area contributed by atoms with E-state index in [1.54, 1.807) is 48.9 Å². The predicted octanol–water partition coefficient (Wildman–Crippen LogP) is 3.48. The molecule has 0 saturated heterocycles. The lowest BCUT2D eigenvalue weighted by atomic mass is 10.1. The SMILES string of the molecule is Cc1cc(CNC(=O)CSc2nnc(-c3ccccc3F)n2C)ccc1F. The van der Waals surface area contributed by atoms with Gasteiger partial charge in [0.2, 0.25) is 5.91 Å². The van der Waals surface area contributed by atoms with Crippen LogP contribution < -0.4 is 5.32 Å².